The molecule has 21 heavy (non-hydrogen) atoms. The first kappa shape index (κ1) is 16.5. The van der Waals surface area contributed by atoms with E-state index in [0.717, 1.165) is 32.7 Å². The van der Waals surface area contributed by atoms with Crippen LogP contribution in [0.3, 0.4) is 0 Å². The molecule has 1 aliphatic rings. The summed E-state index contributed by atoms with van der Waals surface area (Å²) in [4.78, 5) is 2.43. The van der Waals surface area contributed by atoms with Crippen molar-refractivity contribution >= 4 is 0 Å². The van der Waals surface area contributed by atoms with Gasteiger partial charge in [0, 0.05) is 25.7 Å². The highest BCUT2D eigenvalue weighted by molar-refractivity contribution is 5.23. The first-order valence-electron chi connectivity index (χ1n) is 8.16. The van der Waals surface area contributed by atoms with Crippen molar-refractivity contribution in [3.63, 3.8) is 0 Å². The fourth-order valence-electron chi connectivity index (χ4n) is 3.05. The van der Waals surface area contributed by atoms with E-state index in [1.54, 1.807) is 0 Å². The molecule has 0 spiro atoms. The minimum absolute atomic E-state index is 0.353. The molecule has 118 valence electrons. The molecule has 1 aromatic rings. The van der Waals surface area contributed by atoms with Crippen LogP contribution in [-0.4, -0.2) is 37.2 Å². The molecule has 2 unspecified atom stereocenters. The van der Waals surface area contributed by atoms with Crippen molar-refractivity contribution in [3.05, 3.63) is 35.4 Å². The van der Waals surface area contributed by atoms with Gasteiger partial charge >= 0.3 is 0 Å². The predicted molar refractivity (Wildman–Crippen MR) is 88.3 cm³/mol. The van der Waals surface area contributed by atoms with Crippen LogP contribution >= 0.6 is 0 Å². The fourth-order valence-corrected chi connectivity index (χ4v) is 3.05. The molecule has 3 heteroatoms. The van der Waals surface area contributed by atoms with E-state index >= 15 is 0 Å². The standard InChI is InChI=1S/C18H30N2O/c1-14(2)11-19-12-16-6-5-7-17(10-16)13-20(4)18-8-9-21-15(18)3/h5-7,10,14-15,18-19H,8-9,11-13H2,1-4H3. The van der Waals surface area contributed by atoms with Crippen molar-refractivity contribution in [2.75, 3.05) is 20.2 Å². The third-order valence-corrected chi connectivity index (χ3v) is 4.21. The van der Waals surface area contributed by atoms with Crippen LogP contribution in [0.15, 0.2) is 24.3 Å². The summed E-state index contributed by atoms with van der Waals surface area (Å²) in [7, 11) is 2.21. The number of nitrogens with zero attached hydrogens (tertiary/aromatic N) is 1. The van der Waals surface area contributed by atoms with Crippen LogP contribution in [0.1, 0.15) is 38.3 Å². The van der Waals surface area contributed by atoms with E-state index in [9.17, 15) is 0 Å². The van der Waals surface area contributed by atoms with Gasteiger partial charge in [0.25, 0.3) is 0 Å². The van der Waals surface area contributed by atoms with E-state index in [0.29, 0.717) is 18.1 Å². The Hall–Kier alpha value is -0.900. The lowest BCUT2D eigenvalue weighted by atomic mass is 10.1. The highest BCUT2D eigenvalue weighted by atomic mass is 16.5. The molecule has 1 aliphatic heterocycles. The molecule has 2 rings (SSSR count). The van der Waals surface area contributed by atoms with Crippen LogP contribution in [-0.2, 0) is 17.8 Å². The first-order chi connectivity index (χ1) is 10.1. The first-order valence-corrected chi connectivity index (χ1v) is 8.16. The van der Waals surface area contributed by atoms with E-state index in [4.69, 9.17) is 4.74 Å². The lowest BCUT2D eigenvalue weighted by molar-refractivity contribution is 0.0814. The highest BCUT2D eigenvalue weighted by Gasteiger charge is 2.27. The summed E-state index contributed by atoms with van der Waals surface area (Å²) < 4.78 is 5.67. The van der Waals surface area contributed by atoms with Crippen LogP contribution in [0, 0.1) is 5.92 Å². The average Bonchev–Trinajstić information content (AvgIpc) is 2.85. The Bertz CT molecular complexity index is 433. The molecule has 0 saturated carbocycles. The molecule has 0 amide bonds. The summed E-state index contributed by atoms with van der Waals surface area (Å²) in [5.74, 6) is 0.697. The quantitative estimate of drug-likeness (QED) is 0.835. The van der Waals surface area contributed by atoms with Gasteiger partial charge in [-0.3, -0.25) is 4.90 Å². The molecule has 1 fully saturated rings. The summed E-state index contributed by atoms with van der Waals surface area (Å²) in [5, 5.41) is 3.51. The summed E-state index contributed by atoms with van der Waals surface area (Å²) in [6.45, 7) is 10.6. The number of hydrogen-bond donors (Lipinski definition) is 1. The molecule has 0 aliphatic carbocycles. The molecule has 0 bridgehead atoms. The molecular weight excluding hydrogens is 260 g/mol. The topological polar surface area (TPSA) is 24.5 Å². The Labute approximate surface area is 129 Å². The van der Waals surface area contributed by atoms with Crippen LogP contribution in [0.25, 0.3) is 0 Å². The Morgan fingerprint density at radius 3 is 2.76 bits per heavy atom. The Kier molecular flexibility index (Phi) is 6.22. The van der Waals surface area contributed by atoms with Crippen molar-refractivity contribution in [2.45, 2.75) is 52.4 Å². The minimum atomic E-state index is 0.353. The number of benzene rings is 1. The zero-order chi connectivity index (χ0) is 15.2. The fraction of sp³-hybridized carbons (Fsp3) is 0.667. The lowest BCUT2D eigenvalue weighted by Gasteiger charge is -2.26. The van der Waals surface area contributed by atoms with E-state index < -0.39 is 0 Å². The normalized spacial score (nSPS) is 22.4. The van der Waals surface area contributed by atoms with Gasteiger partial charge in [-0.2, -0.15) is 0 Å². The summed E-state index contributed by atoms with van der Waals surface area (Å²) in [5.41, 5.74) is 2.76. The number of ether oxygens (including phenoxy) is 1. The number of hydrogen-bond acceptors (Lipinski definition) is 3. The van der Waals surface area contributed by atoms with Gasteiger partial charge in [0.1, 0.15) is 0 Å². The van der Waals surface area contributed by atoms with Crippen LogP contribution < -0.4 is 5.32 Å². The zero-order valence-corrected chi connectivity index (χ0v) is 13.9. The van der Waals surface area contributed by atoms with E-state index in [1.807, 2.05) is 0 Å². The second kappa shape index (κ2) is 7.92. The Morgan fingerprint density at radius 1 is 1.33 bits per heavy atom. The molecule has 0 aromatic heterocycles. The largest absolute Gasteiger partial charge is 0.377 e. The van der Waals surface area contributed by atoms with Gasteiger partial charge < -0.3 is 10.1 Å². The summed E-state index contributed by atoms with van der Waals surface area (Å²) in [6.07, 6.45) is 1.50. The van der Waals surface area contributed by atoms with E-state index in [2.05, 4.69) is 62.3 Å². The van der Waals surface area contributed by atoms with Crippen LogP contribution in [0.2, 0.25) is 0 Å². The third-order valence-electron chi connectivity index (χ3n) is 4.21. The number of likely N-dealkylation sites (N-methyl/N-ethyl adjacent to an activating group) is 1. The van der Waals surface area contributed by atoms with Crippen molar-refractivity contribution in [1.82, 2.24) is 10.2 Å². The Morgan fingerprint density at radius 2 is 2.10 bits per heavy atom. The highest BCUT2D eigenvalue weighted by Crippen LogP contribution is 2.20. The van der Waals surface area contributed by atoms with Gasteiger partial charge in [0.05, 0.1) is 6.10 Å². The predicted octanol–water partition coefficient (Wildman–Crippen LogP) is 3.04. The molecule has 0 radical (unpaired) electrons. The molecule has 1 heterocycles. The van der Waals surface area contributed by atoms with Gasteiger partial charge in [-0.1, -0.05) is 38.1 Å². The Balaban J connectivity index is 1.88. The molecular formula is C18H30N2O. The van der Waals surface area contributed by atoms with Gasteiger partial charge in [-0.05, 0) is 44.0 Å². The SMILES string of the molecule is CC(C)CNCc1cccc(CN(C)C2CCOC2C)c1. The van der Waals surface area contributed by atoms with Crippen molar-refractivity contribution in [2.24, 2.45) is 5.92 Å². The van der Waals surface area contributed by atoms with Gasteiger partial charge in [0.15, 0.2) is 0 Å². The maximum atomic E-state index is 5.67. The van der Waals surface area contributed by atoms with E-state index in [1.165, 1.54) is 11.1 Å². The minimum Gasteiger partial charge on any atom is -0.377 e. The second-order valence-electron chi connectivity index (χ2n) is 6.69. The zero-order valence-electron chi connectivity index (χ0n) is 13.9. The third kappa shape index (κ3) is 5.10. The van der Waals surface area contributed by atoms with Gasteiger partial charge in [0.2, 0.25) is 0 Å². The lowest BCUT2D eigenvalue weighted by Crippen LogP contribution is -2.36. The number of nitrogens with one attached hydrogen (secondary N) is 1. The molecule has 3 nitrogen and oxygen atoms in total. The van der Waals surface area contributed by atoms with Crippen molar-refractivity contribution in [3.8, 4) is 0 Å². The average molecular weight is 290 g/mol. The van der Waals surface area contributed by atoms with Crippen LogP contribution in [0.5, 0.6) is 0 Å². The monoisotopic (exact) mass is 290 g/mol. The van der Waals surface area contributed by atoms with Crippen molar-refractivity contribution < 1.29 is 4.74 Å². The summed E-state index contributed by atoms with van der Waals surface area (Å²) >= 11 is 0. The molecule has 2 atom stereocenters. The van der Waals surface area contributed by atoms with Crippen LogP contribution in [0.4, 0.5) is 0 Å². The molecule has 1 saturated heterocycles. The molecule has 1 aromatic carbocycles. The smallest absolute Gasteiger partial charge is 0.0703 e. The molecule has 1 N–H and O–H groups in total. The van der Waals surface area contributed by atoms with Crippen molar-refractivity contribution in [1.29, 1.82) is 0 Å². The maximum absolute atomic E-state index is 5.67. The van der Waals surface area contributed by atoms with E-state index in [-0.39, 0.29) is 0 Å². The number of rotatable bonds is 7. The summed E-state index contributed by atoms with van der Waals surface area (Å²) in [6, 6.07) is 9.47. The van der Waals surface area contributed by atoms with Gasteiger partial charge in [-0.25, -0.2) is 0 Å². The maximum Gasteiger partial charge on any atom is 0.0703 e. The van der Waals surface area contributed by atoms with Gasteiger partial charge in [-0.15, -0.1) is 0 Å². The second-order valence-corrected chi connectivity index (χ2v) is 6.69.